The molecule has 1 atom stereocenters. The van der Waals surface area contributed by atoms with Crippen molar-refractivity contribution in [1.82, 2.24) is 0 Å². The highest BCUT2D eigenvalue weighted by Crippen LogP contribution is 2.43. The molecule has 3 aromatic rings. The SMILES string of the molecule is CCOc1ccc(C2/C(=C(\O)c3cc(C)ccc3OC)C(=O)C(=O)N2c2ccc(Cl)cc2)cc1. The van der Waals surface area contributed by atoms with Crippen LogP contribution in [0, 0.1) is 6.92 Å². The van der Waals surface area contributed by atoms with Gasteiger partial charge in [-0.15, -0.1) is 0 Å². The van der Waals surface area contributed by atoms with Gasteiger partial charge in [0, 0.05) is 10.7 Å². The minimum Gasteiger partial charge on any atom is -0.507 e. The maximum absolute atomic E-state index is 13.3. The van der Waals surface area contributed by atoms with Crippen LogP contribution in [0.2, 0.25) is 5.02 Å². The number of aryl methyl sites for hydroxylation is 1. The molecular weight excluding hydrogens is 454 g/mol. The molecule has 3 aromatic carbocycles. The molecule has 1 aliphatic heterocycles. The molecule has 0 saturated carbocycles. The number of aliphatic hydroxyl groups is 1. The van der Waals surface area contributed by atoms with Crippen molar-refractivity contribution in [3.8, 4) is 11.5 Å². The smallest absolute Gasteiger partial charge is 0.300 e. The Labute approximate surface area is 203 Å². The van der Waals surface area contributed by atoms with Crippen molar-refractivity contribution in [3.05, 3.63) is 94.0 Å². The molecule has 1 N–H and O–H groups in total. The van der Waals surface area contributed by atoms with Gasteiger partial charge in [-0.2, -0.15) is 0 Å². The maximum Gasteiger partial charge on any atom is 0.300 e. The zero-order valence-corrected chi connectivity index (χ0v) is 19.8. The second-order valence-electron chi connectivity index (χ2n) is 7.85. The number of rotatable bonds is 6. The number of ether oxygens (including phenoxy) is 2. The first-order valence-electron chi connectivity index (χ1n) is 10.8. The first-order valence-corrected chi connectivity index (χ1v) is 11.2. The second-order valence-corrected chi connectivity index (χ2v) is 8.29. The number of nitrogens with zero attached hydrogens (tertiary/aromatic N) is 1. The number of halogens is 1. The molecule has 1 unspecified atom stereocenters. The molecule has 6 nitrogen and oxygen atoms in total. The van der Waals surface area contributed by atoms with E-state index in [1.54, 1.807) is 60.7 Å². The molecule has 0 bridgehead atoms. The zero-order chi connectivity index (χ0) is 24.4. The average molecular weight is 478 g/mol. The lowest BCUT2D eigenvalue weighted by Crippen LogP contribution is -2.29. The largest absolute Gasteiger partial charge is 0.507 e. The topological polar surface area (TPSA) is 76.1 Å². The predicted octanol–water partition coefficient (Wildman–Crippen LogP) is 5.68. The Balaban J connectivity index is 1.94. The highest BCUT2D eigenvalue weighted by Gasteiger charge is 2.47. The number of benzene rings is 3. The summed E-state index contributed by atoms with van der Waals surface area (Å²) >= 11 is 6.04. The summed E-state index contributed by atoms with van der Waals surface area (Å²) in [4.78, 5) is 27.9. The minimum absolute atomic E-state index is 0.0204. The van der Waals surface area contributed by atoms with Gasteiger partial charge in [0.2, 0.25) is 0 Å². The van der Waals surface area contributed by atoms with Gasteiger partial charge in [-0.1, -0.05) is 35.4 Å². The Morgan fingerprint density at radius 1 is 1.03 bits per heavy atom. The average Bonchev–Trinajstić information content (AvgIpc) is 3.10. The van der Waals surface area contributed by atoms with Gasteiger partial charge in [0.25, 0.3) is 11.7 Å². The highest BCUT2D eigenvalue weighted by molar-refractivity contribution is 6.51. The molecule has 0 aromatic heterocycles. The standard InChI is InChI=1S/C27H24ClNO5/c1-4-34-20-12-6-17(7-13-20)24-23(25(30)21-15-16(2)5-14-22(21)33-3)26(31)27(32)29(24)19-10-8-18(28)9-11-19/h5-15,24,30H,4H2,1-3H3/b25-23+. The first kappa shape index (κ1) is 23.4. The summed E-state index contributed by atoms with van der Waals surface area (Å²) in [6.45, 7) is 4.26. The fraction of sp³-hybridized carbons (Fsp3) is 0.185. The van der Waals surface area contributed by atoms with Crippen LogP contribution in [0.4, 0.5) is 5.69 Å². The van der Waals surface area contributed by atoms with Crippen molar-refractivity contribution in [3.63, 3.8) is 0 Å². The lowest BCUT2D eigenvalue weighted by molar-refractivity contribution is -0.132. The molecule has 34 heavy (non-hydrogen) atoms. The van der Waals surface area contributed by atoms with E-state index in [0.717, 1.165) is 5.56 Å². The lowest BCUT2D eigenvalue weighted by atomic mass is 9.94. The molecule has 1 fully saturated rings. The fourth-order valence-corrected chi connectivity index (χ4v) is 4.21. The van der Waals surface area contributed by atoms with Crippen LogP contribution in [0.5, 0.6) is 11.5 Å². The zero-order valence-electron chi connectivity index (χ0n) is 19.0. The van der Waals surface area contributed by atoms with Gasteiger partial charge in [0.1, 0.15) is 17.3 Å². The van der Waals surface area contributed by atoms with Gasteiger partial charge >= 0.3 is 0 Å². The van der Waals surface area contributed by atoms with Crippen LogP contribution in [0.15, 0.2) is 72.3 Å². The quantitative estimate of drug-likeness (QED) is 0.281. The van der Waals surface area contributed by atoms with E-state index < -0.39 is 17.7 Å². The molecule has 174 valence electrons. The fourth-order valence-electron chi connectivity index (χ4n) is 4.08. The number of hydrogen-bond donors (Lipinski definition) is 1. The van der Waals surface area contributed by atoms with E-state index in [1.807, 2.05) is 19.9 Å². The van der Waals surface area contributed by atoms with Crippen molar-refractivity contribution < 1.29 is 24.2 Å². The van der Waals surface area contributed by atoms with Gasteiger partial charge in [-0.25, -0.2) is 0 Å². The van der Waals surface area contributed by atoms with Crippen LogP contribution in [0.1, 0.15) is 29.7 Å². The normalized spacial score (nSPS) is 17.2. The van der Waals surface area contributed by atoms with Crippen molar-refractivity contribution in [1.29, 1.82) is 0 Å². The van der Waals surface area contributed by atoms with Gasteiger partial charge in [0.15, 0.2) is 0 Å². The Morgan fingerprint density at radius 3 is 2.32 bits per heavy atom. The Hall–Kier alpha value is -3.77. The van der Waals surface area contributed by atoms with Crippen molar-refractivity contribution in [2.24, 2.45) is 0 Å². The molecule has 1 saturated heterocycles. The number of Topliss-reactive ketones (excluding diaryl/α,β-unsaturated/α-hetero) is 1. The van der Waals surface area contributed by atoms with Crippen LogP contribution >= 0.6 is 11.6 Å². The molecular formula is C27H24ClNO5. The summed E-state index contributed by atoms with van der Waals surface area (Å²) in [6, 6.07) is 18.2. The molecule has 1 amide bonds. The predicted molar refractivity (Wildman–Crippen MR) is 132 cm³/mol. The van der Waals surface area contributed by atoms with Gasteiger partial charge in [0.05, 0.1) is 30.9 Å². The number of carbonyl (C=O) groups is 2. The summed E-state index contributed by atoms with van der Waals surface area (Å²) in [5, 5.41) is 11.9. The number of hydrogen-bond acceptors (Lipinski definition) is 5. The summed E-state index contributed by atoms with van der Waals surface area (Å²) in [6.07, 6.45) is 0. The van der Waals surface area contributed by atoms with Crippen LogP contribution < -0.4 is 14.4 Å². The summed E-state index contributed by atoms with van der Waals surface area (Å²) in [5.41, 5.74) is 2.32. The molecule has 0 spiro atoms. The number of ketones is 1. The number of carbonyl (C=O) groups excluding carboxylic acids is 2. The lowest BCUT2D eigenvalue weighted by Gasteiger charge is -2.26. The van der Waals surface area contributed by atoms with E-state index in [9.17, 15) is 14.7 Å². The van der Waals surface area contributed by atoms with Crippen molar-refractivity contribution in [2.45, 2.75) is 19.9 Å². The van der Waals surface area contributed by atoms with E-state index in [0.29, 0.717) is 39.9 Å². The third kappa shape index (κ3) is 4.24. The second kappa shape index (κ2) is 9.61. The van der Waals surface area contributed by atoms with Crippen molar-refractivity contribution in [2.75, 3.05) is 18.6 Å². The van der Waals surface area contributed by atoms with Gasteiger partial charge < -0.3 is 14.6 Å². The number of amides is 1. The number of methoxy groups -OCH3 is 1. The summed E-state index contributed by atoms with van der Waals surface area (Å²) < 4.78 is 11.0. The first-order chi connectivity index (χ1) is 16.3. The summed E-state index contributed by atoms with van der Waals surface area (Å²) in [7, 11) is 1.48. The van der Waals surface area contributed by atoms with E-state index in [1.165, 1.54) is 12.0 Å². The van der Waals surface area contributed by atoms with Crippen LogP contribution in [0.3, 0.4) is 0 Å². The van der Waals surface area contributed by atoms with E-state index in [2.05, 4.69) is 0 Å². The van der Waals surface area contributed by atoms with E-state index >= 15 is 0 Å². The van der Waals surface area contributed by atoms with E-state index in [-0.39, 0.29) is 11.3 Å². The number of anilines is 1. The Morgan fingerprint density at radius 2 is 1.71 bits per heavy atom. The molecule has 7 heteroatoms. The summed E-state index contributed by atoms with van der Waals surface area (Å²) in [5.74, 6) is -0.764. The Kier molecular flexibility index (Phi) is 6.61. The van der Waals surface area contributed by atoms with Crippen LogP contribution in [0.25, 0.3) is 5.76 Å². The van der Waals surface area contributed by atoms with Crippen LogP contribution in [-0.4, -0.2) is 30.5 Å². The third-order valence-corrected chi connectivity index (χ3v) is 5.92. The molecule has 4 rings (SSSR count). The van der Waals surface area contributed by atoms with Gasteiger partial charge in [-0.3, -0.25) is 14.5 Å². The van der Waals surface area contributed by atoms with Crippen LogP contribution in [-0.2, 0) is 9.59 Å². The molecule has 0 radical (unpaired) electrons. The highest BCUT2D eigenvalue weighted by atomic mass is 35.5. The maximum atomic E-state index is 13.3. The van der Waals surface area contributed by atoms with Crippen molar-refractivity contribution >= 4 is 34.7 Å². The van der Waals surface area contributed by atoms with Gasteiger partial charge in [-0.05, 0) is 67.9 Å². The third-order valence-electron chi connectivity index (χ3n) is 5.67. The minimum atomic E-state index is -0.859. The Bertz CT molecular complexity index is 1270. The number of aliphatic hydroxyl groups excluding tert-OH is 1. The molecule has 1 aliphatic rings. The molecule has 0 aliphatic carbocycles. The van der Waals surface area contributed by atoms with E-state index in [4.69, 9.17) is 21.1 Å². The monoisotopic (exact) mass is 477 g/mol. The molecule has 1 heterocycles.